The number of nitrogens with two attached hydrogens (primary N) is 1. The number of urea groups is 1. The van der Waals surface area contributed by atoms with Crippen molar-refractivity contribution in [3.63, 3.8) is 0 Å². The number of para-hydroxylation sites is 1. The number of nitrogens with zero attached hydrogens (tertiary/aromatic N) is 2. The topological polar surface area (TPSA) is 73.4 Å². The van der Waals surface area contributed by atoms with Crippen molar-refractivity contribution in [3.8, 4) is 0 Å². The minimum atomic E-state index is -0.0267. The van der Waals surface area contributed by atoms with Crippen LogP contribution in [0.4, 0.5) is 10.5 Å². The van der Waals surface area contributed by atoms with Crippen LogP contribution in [0, 0.1) is 5.41 Å². The Labute approximate surface area is 107 Å². The van der Waals surface area contributed by atoms with Gasteiger partial charge in [0.25, 0.3) is 0 Å². The Balaban J connectivity index is 2.25. The van der Waals surface area contributed by atoms with Gasteiger partial charge in [-0.15, -0.1) is 0 Å². The maximum absolute atomic E-state index is 12.3. The van der Waals surface area contributed by atoms with E-state index in [0.717, 1.165) is 25.9 Å². The van der Waals surface area contributed by atoms with Gasteiger partial charge in [-0.3, -0.25) is 10.3 Å². The van der Waals surface area contributed by atoms with E-state index in [9.17, 15) is 4.79 Å². The van der Waals surface area contributed by atoms with E-state index >= 15 is 0 Å². The van der Waals surface area contributed by atoms with Gasteiger partial charge >= 0.3 is 6.03 Å². The SMILES string of the molecule is CN(C(=O)N1CCCC1)c1ccccc1C(=N)N. The molecule has 1 aliphatic rings. The third-order valence-corrected chi connectivity index (χ3v) is 3.22. The average molecular weight is 246 g/mol. The summed E-state index contributed by atoms with van der Waals surface area (Å²) in [5.41, 5.74) is 6.81. The lowest BCUT2D eigenvalue weighted by atomic mass is 10.1. The molecule has 1 aromatic carbocycles. The molecule has 0 aliphatic carbocycles. The van der Waals surface area contributed by atoms with E-state index in [1.54, 1.807) is 18.0 Å². The van der Waals surface area contributed by atoms with Gasteiger partial charge in [-0.1, -0.05) is 12.1 Å². The molecular formula is C13H18N4O. The third kappa shape index (κ3) is 2.30. The number of hydrogen-bond acceptors (Lipinski definition) is 2. The average Bonchev–Trinajstić information content (AvgIpc) is 2.90. The van der Waals surface area contributed by atoms with Crippen molar-refractivity contribution < 1.29 is 4.79 Å². The Bertz CT molecular complexity index is 466. The van der Waals surface area contributed by atoms with Gasteiger partial charge in [-0.25, -0.2) is 4.79 Å². The van der Waals surface area contributed by atoms with Gasteiger partial charge in [-0.2, -0.15) is 0 Å². The number of hydrogen-bond donors (Lipinski definition) is 2. The molecule has 96 valence electrons. The molecule has 0 spiro atoms. The minimum Gasteiger partial charge on any atom is -0.384 e. The van der Waals surface area contributed by atoms with Crippen molar-refractivity contribution in [2.45, 2.75) is 12.8 Å². The van der Waals surface area contributed by atoms with E-state index in [1.165, 1.54) is 0 Å². The lowest BCUT2D eigenvalue weighted by Gasteiger charge is -2.25. The fourth-order valence-corrected chi connectivity index (χ4v) is 2.22. The Morgan fingerprint density at radius 3 is 2.56 bits per heavy atom. The van der Waals surface area contributed by atoms with Crippen LogP contribution in [0.1, 0.15) is 18.4 Å². The molecule has 0 atom stereocenters. The molecule has 1 heterocycles. The molecule has 2 rings (SSSR count). The van der Waals surface area contributed by atoms with Gasteiger partial charge in [0.2, 0.25) is 0 Å². The van der Waals surface area contributed by atoms with E-state index in [4.69, 9.17) is 11.1 Å². The smallest absolute Gasteiger partial charge is 0.324 e. The molecule has 5 heteroatoms. The first-order valence-electron chi connectivity index (χ1n) is 6.07. The fraction of sp³-hybridized carbons (Fsp3) is 0.385. The molecule has 0 radical (unpaired) electrons. The summed E-state index contributed by atoms with van der Waals surface area (Å²) in [7, 11) is 1.72. The highest BCUT2D eigenvalue weighted by molar-refractivity contribution is 6.04. The largest absolute Gasteiger partial charge is 0.384 e. The predicted octanol–water partition coefficient (Wildman–Crippen LogP) is 1.62. The second-order valence-corrected chi connectivity index (χ2v) is 4.47. The Hall–Kier alpha value is -2.04. The van der Waals surface area contributed by atoms with Crippen molar-refractivity contribution in [1.29, 1.82) is 5.41 Å². The first kappa shape index (κ1) is 12.4. The second kappa shape index (κ2) is 5.08. The third-order valence-electron chi connectivity index (χ3n) is 3.22. The Morgan fingerprint density at radius 1 is 1.33 bits per heavy atom. The maximum atomic E-state index is 12.3. The van der Waals surface area contributed by atoms with E-state index in [-0.39, 0.29) is 11.9 Å². The van der Waals surface area contributed by atoms with Crippen LogP contribution >= 0.6 is 0 Å². The number of carbonyl (C=O) groups excluding carboxylic acids is 1. The lowest BCUT2D eigenvalue weighted by molar-refractivity contribution is 0.217. The summed E-state index contributed by atoms with van der Waals surface area (Å²) in [6.07, 6.45) is 2.13. The molecule has 5 nitrogen and oxygen atoms in total. The number of carbonyl (C=O) groups is 1. The van der Waals surface area contributed by atoms with Gasteiger partial charge in [0.1, 0.15) is 5.84 Å². The van der Waals surface area contributed by atoms with E-state index < -0.39 is 0 Å². The molecule has 3 N–H and O–H groups in total. The molecule has 18 heavy (non-hydrogen) atoms. The van der Waals surface area contributed by atoms with Gasteiger partial charge in [-0.05, 0) is 25.0 Å². The number of amides is 2. The van der Waals surface area contributed by atoms with Crippen molar-refractivity contribution in [2.24, 2.45) is 5.73 Å². The molecule has 1 saturated heterocycles. The highest BCUT2D eigenvalue weighted by Gasteiger charge is 2.23. The van der Waals surface area contributed by atoms with Crippen molar-refractivity contribution in [1.82, 2.24) is 4.90 Å². The van der Waals surface area contributed by atoms with Gasteiger partial charge in [0.05, 0.1) is 5.69 Å². The molecule has 2 amide bonds. The fourth-order valence-electron chi connectivity index (χ4n) is 2.22. The zero-order valence-corrected chi connectivity index (χ0v) is 10.5. The Kier molecular flexibility index (Phi) is 3.50. The number of benzene rings is 1. The Morgan fingerprint density at radius 2 is 1.94 bits per heavy atom. The van der Waals surface area contributed by atoms with Crippen LogP contribution in [0.2, 0.25) is 0 Å². The molecule has 1 aromatic rings. The summed E-state index contributed by atoms with van der Waals surface area (Å²) >= 11 is 0. The number of nitrogens with one attached hydrogen (secondary N) is 1. The number of likely N-dealkylation sites (tertiary alicyclic amines) is 1. The van der Waals surface area contributed by atoms with E-state index in [1.807, 2.05) is 23.1 Å². The van der Waals surface area contributed by atoms with E-state index in [0.29, 0.717) is 11.3 Å². The first-order valence-corrected chi connectivity index (χ1v) is 6.07. The van der Waals surface area contributed by atoms with E-state index in [2.05, 4.69) is 0 Å². The maximum Gasteiger partial charge on any atom is 0.324 e. The quantitative estimate of drug-likeness (QED) is 0.614. The summed E-state index contributed by atoms with van der Waals surface area (Å²) in [6.45, 7) is 1.62. The summed E-state index contributed by atoms with van der Waals surface area (Å²) in [5, 5.41) is 7.55. The van der Waals surface area contributed by atoms with Crippen LogP contribution in [-0.4, -0.2) is 36.9 Å². The zero-order valence-electron chi connectivity index (χ0n) is 10.5. The molecule has 0 saturated carbocycles. The second-order valence-electron chi connectivity index (χ2n) is 4.47. The van der Waals surface area contributed by atoms with Crippen molar-refractivity contribution in [2.75, 3.05) is 25.0 Å². The monoisotopic (exact) mass is 246 g/mol. The van der Waals surface area contributed by atoms with Crippen LogP contribution in [-0.2, 0) is 0 Å². The van der Waals surface area contributed by atoms with Crippen LogP contribution in [0.5, 0.6) is 0 Å². The number of nitrogen functional groups attached to an aromatic ring is 1. The molecule has 0 aromatic heterocycles. The molecule has 0 unspecified atom stereocenters. The normalized spacial score (nSPS) is 14.6. The van der Waals surface area contributed by atoms with Gasteiger partial charge in [0, 0.05) is 25.7 Å². The number of anilines is 1. The number of rotatable bonds is 2. The van der Waals surface area contributed by atoms with Crippen LogP contribution in [0.25, 0.3) is 0 Å². The summed E-state index contributed by atoms with van der Waals surface area (Å²) < 4.78 is 0. The molecule has 0 bridgehead atoms. The zero-order chi connectivity index (χ0) is 13.1. The van der Waals surface area contributed by atoms with Crippen LogP contribution < -0.4 is 10.6 Å². The molecule has 1 fully saturated rings. The molecule has 1 aliphatic heterocycles. The number of amidine groups is 1. The first-order chi connectivity index (χ1) is 8.61. The highest BCUT2D eigenvalue weighted by atomic mass is 16.2. The summed E-state index contributed by atoms with van der Waals surface area (Å²) in [4.78, 5) is 15.7. The van der Waals surface area contributed by atoms with Gasteiger partial charge in [0.15, 0.2) is 0 Å². The van der Waals surface area contributed by atoms with Crippen LogP contribution in [0.15, 0.2) is 24.3 Å². The standard InChI is InChI=1S/C13H18N4O/c1-16(13(18)17-8-4-5-9-17)11-7-3-2-6-10(11)12(14)15/h2-3,6-7H,4-5,8-9H2,1H3,(H3,14,15). The highest BCUT2D eigenvalue weighted by Crippen LogP contribution is 2.21. The van der Waals surface area contributed by atoms with Crippen LogP contribution in [0.3, 0.4) is 0 Å². The van der Waals surface area contributed by atoms with Crippen molar-refractivity contribution >= 4 is 17.6 Å². The van der Waals surface area contributed by atoms with Crippen molar-refractivity contribution in [3.05, 3.63) is 29.8 Å². The molecular weight excluding hydrogens is 228 g/mol. The summed E-state index contributed by atoms with van der Waals surface area (Å²) in [6, 6.07) is 7.20. The van der Waals surface area contributed by atoms with Gasteiger partial charge < -0.3 is 10.6 Å². The summed E-state index contributed by atoms with van der Waals surface area (Å²) in [5.74, 6) is -0.0216. The minimum absolute atomic E-state index is 0.0216. The predicted molar refractivity (Wildman–Crippen MR) is 72.1 cm³/mol. The lowest BCUT2D eigenvalue weighted by Crippen LogP contribution is -2.40.